The Morgan fingerprint density at radius 3 is 2.44 bits per heavy atom. The second-order valence-electron chi connectivity index (χ2n) is 3.38. The summed E-state index contributed by atoms with van der Waals surface area (Å²) in [4.78, 5) is 1.90. The number of rotatable bonds is 7. The van der Waals surface area contributed by atoms with Crippen molar-refractivity contribution in [2.45, 2.75) is 13.3 Å². The van der Waals surface area contributed by atoms with Gasteiger partial charge in [-0.2, -0.15) is 0 Å². The van der Waals surface area contributed by atoms with Gasteiger partial charge in [-0.15, -0.1) is 11.8 Å². The molecule has 0 heterocycles. The van der Waals surface area contributed by atoms with Crippen LogP contribution in [-0.4, -0.2) is 12.8 Å². The highest BCUT2D eigenvalue weighted by molar-refractivity contribution is 8.06. The third-order valence-electron chi connectivity index (χ3n) is 1.68. The summed E-state index contributed by atoms with van der Waals surface area (Å²) in [5.41, 5.74) is 7.22. The fourth-order valence-corrected chi connectivity index (χ4v) is 1.70. The van der Waals surface area contributed by atoms with Gasteiger partial charge in [0.25, 0.3) is 0 Å². The quantitative estimate of drug-likeness (QED) is 0.597. The van der Waals surface area contributed by atoms with Crippen LogP contribution in [-0.2, 0) is 0 Å². The number of hydrogen-bond donors (Lipinski definition) is 3. The minimum absolute atomic E-state index is 0.285. The van der Waals surface area contributed by atoms with E-state index in [2.05, 4.69) is 25.1 Å². The third-order valence-corrected chi connectivity index (χ3v) is 2.46. The summed E-state index contributed by atoms with van der Waals surface area (Å²) >= 11 is 1.51. The highest BCUT2D eigenvalue weighted by atomic mass is 32.2. The van der Waals surface area contributed by atoms with Gasteiger partial charge in [0.2, 0.25) is 0 Å². The van der Waals surface area contributed by atoms with Gasteiger partial charge in [-0.25, -0.2) is 0 Å². The molecule has 0 aliphatic heterocycles. The fourth-order valence-electron chi connectivity index (χ4n) is 0.968. The van der Waals surface area contributed by atoms with Crippen molar-refractivity contribution < 1.29 is 0 Å². The van der Waals surface area contributed by atoms with Gasteiger partial charge >= 0.3 is 0 Å². The van der Waals surface area contributed by atoms with E-state index in [1.54, 1.807) is 13.1 Å². The summed E-state index contributed by atoms with van der Waals surface area (Å²) in [6, 6.07) is 0. The highest BCUT2D eigenvalue weighted by Crippen LogP contribution is 2.25. The molecule has 0 radical (unpaired) electrons. The lowest BCUT2D eigenvalue weighted by atomic mass is 10.2. The van der Waals surface area contributed by atoms with Crippen molar-refractivity contribution in [1.82, 2.24) is 5.32 Å². The molecule has 0 spiro atoms. The van der Waals surface area contributed by atoms with Crippen molar-refractivity contribution in [2.24, 2.45) is 5.73 Å². The molecule has 0 aliphatic carbocycles. The molecule has 0 aromatic carbocycles. The largest absolute Gasteiger partial charge is 0.402 e. The average molecular weight is 237 g/mol. The zero-order chi connectivity index (χ0) is 12.7. The van der Waals surface area contributed by atoms with Crippen LogP contribution in [0.1, 0.15) is 13.3 Å². The summed E-state index contributed by atoms with van der Waals surface area (Å²) in [7, 11) is 1.72. The zero-order valence-corrected chi connectivity index (χ0v) is 10.7. The highest BCUT2D eigenvalue weighted by Gasteiger charge is 2.01. The molecule has 3 nitrogen and oxygen atoms in total. The second-order valence-corrected chi connectivity index (χ2v) is 4.86. The predicted octanol–water partition coefficient (Wildman–Crippen LogP) is 2.75. The molecule has 0 saturated heterocycles. The van der Waals surface area contributed by atoms with E-state index in [0.29, 0.717) is 17.8 Å². The van der Waals surface area contributed by atoms with Crippen LogP contribution in [0.2, 0.25) is 0 Å². The van der Waals surface area contributed by atoms with Crippen LogP contribution in [0.15, 0.2) is 47.0 Å². The van der Waals surface area contributed by atoms with Crippen LogP contribution in [0.3, 0.4) is 0 Å². The first kappa shape index (κ1) is 14.6. The van der Waals surface area contributed by atoms with E-state index < -0.39 is 0 Å². The second kappa shape index (κ2) is 6.95. The lowest BCUT2D eigenvalue weighted by molar-refractivity contribution is 1.05. The maximum absolute atomic E-state index is 7.64. The normalized spacial score (nSPS) is 10.8. The summed E-state index contributed by atoms with van der Waals surface area (Å²) in [5.74, 6) is 0. The molecule has 0 fully saturated rings. The van der Waals surface area contributed by atoms with Gasteiger partial charge in [0, 0.05) is 19.2 Å². The Bertz CT molecular complexity index is 353. The van der Waals surface area contributed by atoms with Gasteiger partial charge in [0.05, 0.1) is 11.4 Å². The van der Waals surface area contributed by atoms with Crippen LogP contribution < -0.4 is 11.1 Å². The smallest absolute Gasteiger partial charge is 0.0782 e. The molecule has 0 aromatic heterocycles. The Hall–Kier alpha value is -1.42. The van der Waals surface area contributed by atoms with Crippen molar-refractivity contribution in [1.29, 1.82) is 5.41 Å². The zero-order valence-electron chi connectivity index (χ0n) is 9.89. The van der Waals surface area contributed by atoms with Gasteiger partial charge in [0.1, 0.15) is 0 Å². The minimum atomic E-state index is 0.285. The van der Waals surface area contributed by atoms with Gasteiger partial charge < -0.3 is 11.1 Å². The van der Waals surface area contributed by atoms with Gasteiger partial charge in [0.15, 0.2) is 0 Å². The van der Waals surface area contributed by atoms with Crippen LogP contribution >= 0.6 is 11.8 Å². The van der Waals surface area contributed by atoms with E-state index in [9.17, 15) is 0 Å². The number of allylic oxidation sites excluding steroid dienone is 3. The standard InChI is InChI=1S/C12H19N3S/c1-8(2)16-9(3)6-11(13)7-12(14)10(4)15-5/h7,14-15H,1,3-4,6,13H2,2,5H3/b11-7-,14-12?. The van der Waals surface area contributed by atoms with Crippen molar-refractivity contribution in [3.8, 4) is 0 Å². The monoisotopic (exact) mass is 237 g/mol. The SMILES string of the molecule is C=C(C)SC(=C)C/C(N)=C/C(=N)C(=C)NC. The van der Waals surface area contributed by atoms with Crippen molar-refractivity contribution in [3.63, 3.8) is 0 Å². The van der Waals surface area contributed by atoms with Crippen LogP contribution in [0, 0.1) is 5.41 Å². The molecule has 0 saturated carbocycles. The Morgan fingerprint density at radius 2 is 2.00 bits per heavy atom. The first-order chi connectivity index (χ1) is 7.36. The summed E-state index contributed by atoms with van der Waals surface area (Å²) in [6.45, 7) is 13.3. The number of nitrogens with two attached hydrogens (primary N) is 1. The molecule has 16 heavy (non-hydrogen) atoms. The average Bonchev–Trinajstić information content (AvgIpc) is 2.14. The molecule has 4 N–H and O–H groups in total. The summed E-state index contributed by atoms with van der Waals surface area (Å²) in [6.07, 6.45) is 2.14. The molecule has 0 aromatic rings. The minimum Gasteiger partial charge on any atom is -0.402 e. The molecule has 0 rings (SSSR count). The Kier molecular flexibility index (Phi) is 6.34. The van der Waals surface area contributed by atoms with Crippen molar-refractivity contribution in [3.05, 3.63) is 47.0 Å². The van der Waals surface area contributed by atoms with Gasteiger partial charge in [-0.3, -0.25) is 5.41 Å². The Balaban J connectivity index is 4.35. The van der Waals surface area contributed by atoms with E-state index in [4.69, 9.17) is 11.1 Å². The molecular weight excluding hydrogens is 218 g/mol. The summed E-state index contributed by atoms with van der Waals surface area (Å²) in [5, 5.41) is 10.4. The number of hydrogen-bond acceptors (Lipinski definition) is 4. The first-order valence-corrected chi connectivity index (χ1v) is 5.61. The molecule has 0 bridgehead atoms. The maximum Gasteiger partial charge on any atom is 0.0782 e. The summed E-state index contributed by atoms with van der Waals surface area (Å²) < 4.78 is 0. The van der Waals surface area contributed by atoms with Crippen LogP contribution in [0.5, 0.6) is 0 Å². The van der Waals surface area contributed by atoms with Crippen LogP contribution in [0.25, 0.3) is 0 Å². The molecule has 0 atom stereocenters. The lowest BCUT2D eigenvalue weighted by Crippen LogP contribution is -2.13. The number of nitrogens with one attached hydrogen (secondary N) is 2. The predicted molar refractivity (Wildman–Crippen MR) is 74.4 cm³/mol. The fraction of sp³-hybridized carbons (Fsp3) is 0.250. The topological polar surface area (TPSA) is 61.9 Å². The van der Waals surface area contributed by atoms with E-state index in [0.717, 1.165) is 9.81 Å². The molecule has 4 heteroatoms. The Labute approximate surface area is 102 Å². The molecule has 0 amide bonds. The molecule has 88 valence electrons. The van der Waals surface area contributed by atoms with E-state index in [1.807, 2.05) is 6.92 Å². The molecule has 0 aliphatic rings. The Morgan fingerprint density at radius 1 is 1.44 bits per heavy atom. The van der Waals surface area contributed by atoms with Crippen molar-refractivity contribution >= 4 is 17.5 Å². The molecule has 0 unspecified atom stereocenters. The van der Waals surface area contributed by atoms with E-state index in [1.165, 1.54) is 11.8 Å². The van der Waals surface area contributed by atoms with E-state index in [-0.39, 0.29) is 5.71 Å². The van der Waals surface area contributed by atoms with Crippen molar-refractivity contribution in [2.75, 3.05) is 7.05 Å². The third kappa shape index (κ3) is 6.14. The first-order valence-electron chi connectivity index (χ1n) is 4.79. The lowest BCUT2D eigenvalue weighted by Gasteiger charge is -2.07. The van der Waals surface area contributed by atoms with E-state index >= 15 is 0 Å². The number of thioether (sulfide) groups is 1. The van der Waals surface area contributed by atoms with Gasteiger partial charge in [-0.1, -0.05) is 19.7 Å². The molecular formula is C12H19N3S. The van der Waals surface area contributed by atoms with Crippen LogP contribution in [0.4, 0.5) is 0 Å². The maximum atomic E-state index is 7.64. The van der Waals surface area contributed by atoms with Gasteiger partial charge in [-0.05, 0) is 22.8 Å².